The number of aromatic nitrogens is 4. The van der Waals surface area contributed by atoms with E-state index in [2.05, 4.69) is 25.5 Å². The van der Waals surface area contributed by atoms with Crippen LogP contribution in [0.15, 0.2) is 18.6 Å². The summed E-state index contributed by atoms with van der Waals surface area (Å²) >= 11 is 0. The lowest BCUT2D eigenvalue weighted by atomic mass is 9.83. The molecule has 2 fully saturated rings. The molecule has 1 amide bonds. The molecule has 2 unspecified atom stereocenters. The lowest BCUT2D eigenvalue weighted by Gasteiger charge is -2.34. The second-order valence-corrected chi connectivity index (χ2v) is 7.08. The molecule has 1 saturated carbocycles. The van der Waals surface area contributed by atoms with Crippen LogP contribution >= 0.6 is 0 Å². The van der Waals surface area contributed by atoms with Crippen LogP contribution < -0.4 is 11.1 Å². The van der Waals surface area contributed by atoms with E-state index >= 15 is 0 Å². The number of piperidine rings is 1. The number of Topliss-reactive ketones (excluding diaryl/α,β-unsaturated/α-hetero) is 1. The zero-order valence-corrected chi connectivity index (χ0v) is 14.0. The van der Waals surface area contributed by atoms with Crippen LogP contribution in [0.3, 0.4) is 0 Å². The molecule has 1 aliphatic heterocycles. The molecule has 1 aliphatic carbocycles. The zero-order valence-electron chi connectivity index (χ0n) is 14.0. The Kier molecular flexibility index (Phi) is 3.64. The minimum Gasteiger partial charge on any atom is -0.369 e. The highest BCUT2D eigenvalue weighted by Crippen LogP contribution is 2.45. The lowest BCUT2D eigenvalue weighted by molar-refractivity contribution is -0.123. The molecule has 4 N–H and O–H groups in total. The molecule has 0 bridgehead atoms. The number of carbonyl (C=O) groups excluding carboxylic acids is 2. The van der Waals surface area contributed by atoms with Gasteiger partial charge in [-0.2, -0.15) is 5.10 Å². The molecule has 0 radical (unpaired) electrons. The monoisotopic (exact) mass is 340 g/mol. The van der Waals surface area contributed by atoms with Crippen molar-refractivity contribution in [2.45, 2.75) is 44.2 Å². The minimum atomic E-state index is -0.448. The second-order valence-electron chi connectivity index (χ2n) is 7.08. The van der Waals surface area contributed by atoms with Gasteiger partial charge in [-0.3, -0.25) is 14.7 Å². The van der Waals surface area contributed by atoms with Gasteiger partial charge in [0.2, 0.25) is 5.91 Å². The van der Waals surface area contributed by atoms with Crippen LogP contribution in [0.4, 0.5) is 0 Å². The maximum atomic E-state index is 13.1. The van der Waals surface area contributed by atoms with E-state index in [1.165, 1.54) is 6.33 Å². The van der Waals surface area contributed by atoms with Gasteiger partial charge in [0.05, 0.1) is 17.9 Å². The Morgan fingerprint density at radius 1 is 1.32 bits per heavy atom. The molecular formula is C17H20N6O2. The number of aromatic amines is 1. The van der Waals surface area contributed by atoms with Gasteiger partial charge in [0.25, 0.3) is 0 Å². The fraction of sp³-hybridized carbons (Fsp3) is 0.471. The third-order valence-corrected chi connectivity index (χ3v) is 5.18. The van der Waals surface area contributed by atoms with E-state index < -0.39 is 6.04 Å². The van der Waals surface area contributed by atoms with Crippen molar-refractivity contribution < 1.29 is 9.59 Å². The van der Waals surface area contributed by atoms with Crippen molar-refractivity contribution in [2.24, 2.45) is 11.7 Å². The molecule has 1 saturated heterocycles. The lowest BCUT2D eigenvalue weighted by Crippen LogP contribution is -2.53. The number of nitrogens with zero attached hydrogens (tertiary/aromatic N) is 3. The van der Waals surface area contributed by atoms with Gasteiger partial charge >= 0.3 is 0 Å². The molecule has 8 nitrogen and oxygen atoms in total. The smallest absolute Gasteiger partial charge is 0.220 e. The van der Waals surface area contributed by atoms with E-state index in [0.717, 1.165) is 18.5 Å². The van der Waals surface area contributed by atoms with Crippen molar-refractivity contribution in [3.05, 3.63) is 30.0 Å². The number of aryl methyl sites for hydroxylation is 1. The molecule has 130 valence electrons. The van der Waals surface area contributed by atoms with Crippen molar-refractivity contribution in [3.8, 4) is 11.3 Å². The Balaban J connectivity index is 1.63. The van der Waals surface area contributed by atoms with Crippen LogP contribution in [0.2, 0.25) is 0 Å². The van der Waals surface area contributed by atoms with Crippen LogP contribution in [0.25, 0.3) is 11.3 Å². The summed E-state index contributed by atoms with van der Waals surface area (Å²) in [5.74, 6) is -0.715. The molecule has 4 rings (SSSR count). The molecule has 2 aliphatic rings. The normalized spacial score (nSPS) is 24.2. The second kappa shape index (κ2) is 5.73. The van der Waals surface area contributed by atoms with Crippen molar-refractivity contribution >= 4 is 11.7 Å². The molecule has 2 aromatic heterocycles. The first-order valence-corrected chi connectivity index (χ1v) is 8.41. The Labute approximate surface area is 144 Å². The van der Waals surface area contributed by atoms with Gasteiger partial charge in [0.1, 0.15) is 12.0 Å². The third-order valence-electron chi connectivity index (χ3n) is 5.18. The van der Waals surface area contributed by atoms with E-state index in [1.807, 2.05) is 13.0 Å². The first kappa shape index (κ1) is 15.9. The van der Waals surface area contributed by atoms with Gasteiger partial charge in [0, 0.05) is 22.7 Å². The van der Waals surface area contributed by atoms with E-state index in [-0.39, 0.29) is 23.1 Å². The van der Waals surface area contributed by atoms with E-state index in [1.54, 1.807) is 6.20 Å². The SMILES string of the molecule is Cc1cc(-c2cn[nH]c2C(=O)C2CC(C(N)=O)CC3(CC3)N2)ncn1. The minimum absolute atomic E-state index is 0.107. The van der Waals surface area contributed by atoms with Gasteiger partial charge < -0.3 is 11.1 Å². The number of hydrogen-bond donors (Lipinski definition) is 3. The third kappa shape index (κ3) is 2.93. The topological polar surface area (TPSA) is 127 Å². The molecule has 2 aromatic rings. The number of amides is 1. The molecule has 2 atom stereocenters. The number of H-pyrrole nitrogens is 1. The Morgan fingerprint density at radius 3 is 2.80 bits per heavy atom. The summed E-state index contributed by atoms with van der Waals surface area (Å²) in [5.41, 5.74) is 7.91. The number of rotatable bonds is 4. The molecule has 0 aromatic carbocycles. The maximum absolute atomic E-state index is 13.1. The van der Waals surface area contributed by atoms with Crippen molar-refractivity contribution in [2.75, 3.05) is 0 Å². The number of hydrogen-bond acceptors (Lipinski definition) is 6. The van der Waals surface area contributed by atoms with Gasteiger partial charge in [-0.25, -0.2) is 9.97 Å². The number of primary amides is 1. The van der Waals surface area contributed by atoms with E-state index in [4.69, 9.17) is 5.73 Å². The Hall–Kier alpha value is -2.61. The molecule has 1 spiro atoms. The summed E-state index contributed by atoms with van der Waals surface area (Å²) in [6, 6.07) is 1.36. The Bertz CT molecular complexity index is 841. The van der Waals surface area contributed by atoms with Crippen molar-refractivity contribution in [1.82, 2.24) is 25.5 Å². The summed E-state index contributed by atoms with van der Waals surface area (Å²) in [6.07, 6.45) is 6.14. The fourth-order valence-corrected chi connectivity index (χ4v) is 3.66. The first-order valence-electron chi connectivity index (χ1n) is 8.41. The molecule has 3 heterocycles. The van der Waals surface area contributed by atoms with Crippen LogP contribution in [0, 0.1) is 12.8 Å². The average Bonchev–Trinajstić information content (AvgIpc) is 3.14. The molecule has 8 heteroatoms. The summed E-state index contributed by atoms with van der Waals surface area (Å²) in [4.78, 5) is 33.1. The average molecular weight is 340 g/mol. The highest BCUT2D eigenvalue weighted by Gasteiger charge is 2.51. The van der Waals surface area contributed by atoms with Gasteiger partial charge in [-0.15, -0.1) is 0 Å². The highest BCUT2D eigenvalue weighted by molar-refractivity contribution is 6.03. The maximum Gasteiger partial charge on any atom is 0.220 e. The van der Waals surface area contributed by atoms with Gasteiger partial charge in [-0.1, -0.05) is 0 Å². The van der Waals surface area contributed by atoms with Crippen LogP contribution in [-0.2, 0) is 4.79 Å². The molecular weight excluding hydrogens is 320 g/mol. The van der Waals surface area contributed by atoms with Crippen LogP contribution in [-0.4, -0.2) is 43.4 Å². The van der Waals surface area contributed by atoms with Crippen molar-refractivity contribution in [3.63, 3.8) is 0 Å². The standard InChI is InChI=1S/C17H20N6O2/c1-9-4-12(20-8-19-9)11-7-21-23-14(11)15(24)13-5-10(16(18)25)6-17(22-13)2-3-17/h4,7-8,10,13,22H,2-3,5-6H2,1H3,(H2,18,25)(H,21,23). The number of carbonyl (C=O) groups is 2. The zero-order chi connectivity index (χ0) is 17.6. The quantitative estimate of drug-likeness (QED) is 0.705. The number of ketones is 1. The van der Waals surface area contributed by atoms with Crippen LogP contribution in [0.5, 0.6) is 0 Å². The summed E-state index contributed by atoms with van der Waals surface area (Å²) in [7, 11) is 0. The summed E-state index contributed by atoms with van der Waals surface area (Å²) < 4.78 is 0. The largest absolute Gasteiger partial charge is 0.369 e. The predicted molar refractivity (Wildman–Crippen MR) is 89.5 cm³/mol. The highest BCUT2D eigenvalue weighted by atomic mass is 16.1. The number of nitrogens with two attached hydrogens (primary N) is 1. The van der Waals surface area contributed by atoms with Gasteiger partial charge in [0.15, 0.2) is 5.78 Å². The van der Waals surface area contributed by atoms with Crippen LogP contribution in [0.1, 0.15) is 41.9 Å². The van der Waals surface area contributed by atoms with Gasteiger partial charge in [-0.05, 0) is 38.7 Å². The summed E-state index contributed by atoms with van der Waals surface area (Å²) in [5, 5.41) is 10.2. The van der Waals surface area contributed by atoms with E-state index in [0.29, 0.717) is 29.8 Å². The predicted octanol–water partition coefficient (Wildman–Crippen LogP) is 0.744. The fourth-order valence-electron chi connectivity index (χ4n) is 3.66. The first-order chi connectivity index (χ1) is 12.0. The van der Waals surface area contributed by atoms with E-state index in [9.17, 15) is 9.59 Å². The number of nitrogens with one attached hydrogen (secondary N) is 2. The Morgan fingerprint density at radius 2 is 2.12 bits per heavy atom. The van der Waals surface area contributed by atoms with Crippen molar-refractivity contribution in [1.29, 1.82) is 0 Å². The summed E-state index contributed by atoms with van der Waals surface area (Å²) in [6.45, 7) is 1.86. The molecule has 25 heavy (non-hydrogen) atoms.